The topological polar surface area (TPSA) is 47.6 Å². The number of nitrogens with zero attached hydrogens (tertiary/aromatic N) is 2. The van der Waals surface area contributed by atoms with Crippen LogP contribution < -0.4 is 15.5 Å². The molecule has 0 saturated carbocycles. The van der Waals surface area contributed by atoms with Gasteiger partial charge in [-0.25, -0.2) is 4.79 Å². The maximum absolute atomic E-state index is 11.7. The summed E-state index contributed by atoms with van der Waals surface area (Å²) in [4.78, 5) is 16.1. The van der Waals surface area contributed by atoms with Crippen LogP contribution in [0.5, 0.6) is 0 Å². The van der Waals surface area contributed by atoms with Crippen molar-refractivity contribution in [1.29, 1.82) is 0 Å². The van der Waals surface area contributed by atoms with E-state index in [9.17, 15) is 4.79 Å². The molecule has 3 aliphatic rings. The molecule has 4 rings (SSSR count). The number of urea groups is 1. The number of benzene rings is 1. The number of carbonyl (C=O) groups excluding carboxylic acids is 1. The highest BCUT2D eigenvalue weighted by Gasteiger charge is 2.36. The van der Waals surface area contributed by atoms with Crippen molar-refractivity contribution in [3.05, 3.63) is 29.3 Å². The van der Waals surface area contributed by atoms with Crippen molar-refractivity contribution in [2.45, 2.75) is 19.0 Å². The van der Waals surface area contributed by atoms with Gasteiger partial charge in [0.15, 0.2) is 0 Å². The first kappa shape index (κ1) is 12.0. The molecule has 0 aromatic heterocycles. The number of hydrogen-bond acceptors (Lipinski definition) is 3. The van der Waals surface area contributed by atoms with Gasteiger partial charge in [-0.05, 0) is 30.2 Å². The molecule has 0 radical (unpaired) electrons. The van der Waals surface area contributed by atoms with E-state index in [1.54, 1.807) is 0 Å². The van der Waals surface area contributed by atoms with E-state index in [1.807, 2.05) is 4.90 Å². The van der Waals surface area contributed by atoms with E-state index in [0.29, 0.717) is 6.04 Å². The normalized spacial score (nSPS) is 25.2. The maximum Gasteiger partial charge on any atom is 0.317 e. The predicted molar refractivity (Wildman–Crippen MR) is 78.0 cm³/mol. The largest absolute Gasteiger partial charge is 0.367 e. The molecule has 1 aromatic carbocycles. The summed E-state index contributed by atoms with van der Waals surface area (Å²) < 4.78 is 0. The van der Waals surface area contributed by atoms with E-state index in [2.05, 4.69) is 33.7 Å². The molecule has 5 nitrogen and oxygen atoms in total. The van der Waals surface area contributed by atoms with Gasteiger partial charge in [0.25, 0.3) is 0 Å². The van der Waals surface area contributed by atoms with E-state index in [-0.39, 0.29) is 6.03 Å². The van der Waals surface area contributed by atoms with E-state index < -0.39 is 0 Å². The lowest BCUT2D eigenvalue weighted by molar-refractivity contribution is 0.197. The van der Waals surface area contributed by atoms with Gasteiger partial charge in [0, 0.05) is 38.4 Å². The Labute approximate surface area is 118 Å². The Balaban J connectivity index is 1.61. The molecule has 5 heteroatoms. The van der Waals surface area contributed by atoms with Crippen molar-refractivity contribution in [3.8, 4) is 0 Å². The zero-order valence-corrected chi connectivity index (χ0v) is 11.6. The Morgan fingerprint density at radius 2 is 2.20 bits per heavy atom. The molecule has 106 valence electrons. The summed E-state index contributed by atoms with van der Waals surface area (Å²) in [5.74, 6) is 0. The lowest BCUT2D eigenvalue weighted by Gasteiger charge is -2.39. The third-order valence-electron chi connectivity index (χ3n) is 4.69. The number of anilines is 1. The summed E-state index contributed by atoms with van der Waals surface area (Å²) >= 11 is 0. The molecular weight excluding hydrogens is 252 g/mol. The van der Waals surface area contributed by atoms with Crippen molar-refractivity contribution in [3.63, 3.8) is 0 Å². The average Bonchev–Trinajstić information content (AvgIpc) is 2.87. The number of nitrogens with one attached hydrogen (secondary N) is 2. The highest BCUT2D eigenvalue weighted by molar-refractivity contribution is 5.77. The van der Waals surface area contributed by atoms with Crippen LogP contribution in [0.4, 0.5) is 10.5 Å². The Morgan fingerprint density at radius 1 is 1.25 bits per heavy atom. The van der Waals surface area contributed by atoms with Gasteiger partial charge >= 0.3 is 6.03 Å². The number of fused-ring (bicyclic) bond motifs is 2. The molecule has 2 N–H and O–H groups in total. The van der Waals surface area contributed by atoms with Crippen LogP contribution in [-0.2, 0) is 13.0 Å². The Hall–Kier alpha value is -1.75. The summed E-state index contributed by atoms with van der Waals surface area (Å²) in [6.45, 7) is 5.54. The SMILES string of the molecule is O=C1NCC2CN(c3cccc4c3CCNC4)CCN12. The van der Waals surface area contributed by atoms with Gasteiger partial charge in [-0.2, -0.15) is 0 Å². The zero-order chi connectivity index (χ0) is 13.5. The van der Waals surface area contributed by atoms with Crippen LogP contribution in [0.15, 0.2) is 18.2 Å². The van der Waals surface area contributed by atoms with Gasteiger partial charge in [-0.1, -0.05) is 12.1 Å². The summed E-state index contributed by atoms with van der Waals surface area (Å²) in [5.41, 5.74) is 4.30. The molecule has 3 aliphatic heterocycles. The first-order valence-corrected chi connectivity index (χ1v) is 7.44. The molecular formula is C15H20N4O. The molecule has 2 fully saturated rings. The zero-order valence-electron chi connectivity index (χ0n) is 11.6. The molecule has 1 atom stereocenters. The van der Waals surface area contributed by atoms with Crippen molar-refractivity contribution in [2.75, 3.05) is 37.6 Å². The molecule has 2 saturated heterocycles. The summed E-state index contributed by atoms with van der Waals surface area (Å²) in [7, 11) is 0. The average molecular weight is 272 g/mol. The standard InChI is InChI=1S/C15H20N4O/c20-15-17-9-12-10-18(6-7-19(12)15)14-3-1-2-11-8-16-5-4-13(11)14/h1-3,12,16H,4-10H2,(H,17,20). The molecule has 0 spiro atoms. The number of amides is 2. The number of piperazine rings is 1. The van der Waals surface area contributed by atoms with Crippen LogP contribution in [0.25, 0.3) is 0 Å². The second-order valence-electron chi connectivity index (χ2n) is 5.82. The smallest absolute Gasteiger partial charge is 0.317 e. The summed E-state index contributed by atoms with van der Waals surface area (Å²) in [6, 6.07) is 7.06. The fourth-order valence-corrected chi connectivity index (χ4v) is 3.63. The van der Waals surface area contributed by atoms with Crippen molar-refractivity contribution in [2.24, 2.45) is 0 Å². The molecule has 1 unspecified atom stereocenters. The number of carbonyl (C=O) groups is 1. The lowest BCUT2D eigenvalue weighted by atomic mass is 9.97. The van der Waals surface area contributed by atoms with Gasteiger partial charge in [0.05, 0.1) is 6.04 Å². The van der Waals surface area contributed by atoms with E-state index in [1.165, 1.54) is 16.8 Å². The fraction of sp³-hybridized carbons (Fsp3) is 0.533. The summed E-state index contributed by atoms with van der Waals surface area (Å²) in [6.07, 6.45) is 1.10. The molecule has 1 aromatic rings. The third-order valence-corrected chi connectivity index (χ3v) is 4.69. The minimum absolute atomic E-state index is 0.106. The minimum atomic E-state index is 0.106. The number of hydrogen-bond donors (Lipinski definition) is 2. The molecule has 0 bridgehead atoms. The number of rotatable bonds is 1. The highest BCUT2D eigenvalue weighted by Crippen LogP contribution is 2.29. The first-order chi connectivity index (χ1) is 9.83. The lowest BCUT2D eigenvalue weighted by Crippen LogP contribution is -2.52. The van der Waals surface area contributed by atoms with Gasteiger partial charge in [0.2, 0.25) is 0 Å². The quantitative estimate of drug-likeness (QED) is 0.785. The predicted octanol–water partition coefficient (Wildman–Crippen LogP) is 0.546. The van der Waals surface area contributed by atoms with Crippen LogP contribution in [0.2, 0.25) is 0 Å². The monoisotopic (exact) mass is 272 g/mol. The molecule has 0 aliphatic carbocycles. The molecule has 20 heavy (non-hydrogen) atoms. The second kappa shape index (κ2) is 4.66. The fourth-order valence-electron chi connectivity index (χ4n) is 3.63. The van der Waals surface area contributed by atoms with Crippen molar-refractivity contribution >= 4 is 11.7 Å². The molecule has 3 heterocycles. The van der Waals surface area contributed by atoms with Crippen LogP contribution in [0.3, 0.4) is 0 Å². The Bertz CT molecular complexity index is 545. The van der Waals surface area contributed by atoms with Crippen LogP contribution in [0, 0.1) is 0 Å². The van der Waals surface area contributed by atoms with Crippen molar-refractivity contribution < 1.29 is 4.79 Å². The Morgan fingerprint density at radius 3 is 3.15 bits per heavy atom. The van der Waals surface area contributed by atoms with Crippen LogP contribution >= 0.6 is 0 Å². The van der Waals surface area contributed by atoms with E-state index >= 15 is 0 Å². The van der Waals surface area contributed by atoms with Gasteiger partial charge in [0.1, 0.15) is 0 Å². The van der Waals surface area contributed by atoms with Gasteiger partial charge in [-0.15, -0.1) is 0 Å². The first-order valence-electron chi connectivity index (χ1n) is 7.44. The van der Waals surface area contributed by atoms with Crippen molar-refractivity contribution in [1.82, 2.24) is 15.5 Å². The minimum Gasteiger partial charge on any atom is -0.367 e. The highest BCUT2D eigenvalue weighted by atomic mass is 16.2. The van der Waals surface area contributed by atoms with Gasteiger partial charge < -0.3 is 20.4 Å². The van der Waals surface area contributed by atoms with Gasteiger partial charge in [-0.3, -0.25) is 0 Å². The molecule has 2 amide bonds. The summed E-state index contributed by atoms with van der Waals surface area (Å²) in [5, 5.41) is 6.38. The second-order valence-corrected chi connectivity index (χ2v) is 5.82. The van der Waals surface area contributed by atoms with E-state index in [0.717, 1.165) is 45.7 Å². The van der Waals surface area contributed by atoms with E-state index in [4.69, 9.17) is 0 Å². The third kappa shape index (κ3) is 1.85. The Kier molecular flexibility index (Phi) is 2.80. The van der Waals surface area contributed by atoms with Crippen LogP contribution in [-0.4, -0.2) is 49.7 Å². The maximum atomic E-state index is 11.7. The van der Waals surface area contributed by atoms with Crippen LogP contribution in [0.1, 0.15) is 11.1 Å².